The second-order valence-corrected chi connectivity index (χ2v) is 9.74. The Labute approximate surface area is 214 Å². The second-order valence-electron chi connectivity index (χ2n) is 9.74. The number of aryl methyl sites for hydroxylation is 2. The van der Waals surface area contributed by atoms with Crippen LogP contribution in [0, 0.1) is 13.8 Å². The molecule has 0 heterocycles. The Hall–Kier alpha value is -3.60. The number of carbonyl (C=O) groups is 2. The summed E-state index contributed by atoms with van der Waals surface area (Å²) in [6, 6.07) is 25.1. The molecule has 1 fully saturated rings. The van der Waals surface area contributed by atoms with Crippen molar-refractivity contribution in [3.8, 4) is 5.75 Å². The lowest BCUT2D eigenvalue weighted by Crippen LogP contribution is -2.53. The maximum atomic E-state index is 13.7. The van der Waals surface area contributed by atoms with Crippen LogP contribution in [0.3, 0.4) is 0 Å². The number of nitrogens with one attached hydrogen (secondary N) is 1. The number of hydrogen-bond donors (Lipinski definition) is 1. The van der Waals surface area contributed by atoms with Crippen LogP contribution < -0.4 is 10.1 Å². The van der Waals surface area contributed by atoms with Crippen LogP contribution in [0.2, 0.25) is 0 Å². The fourth-order valence-electron chi connectivity index (χ4n) is 4.73. The molecule has 0 aromatic heterocycles. The van der Waals surface area contributed by atoms with E-state index in [4.69, 9.17) is 4.74 Å². The maximum absolute atomic E-state index is 13.7. The predicted octanol–water partition coefficient (Wildman–Crippen LogP) is 5.38. The number of amides is 2. The first-order valence-electron chi connectivity index (χ1n) is 12.9. The van der Waals surface area contributed by atoms with E-state index in [-0.39, 0.29) is 24.5 Å². The van der Waals surface area contributed by atoms with Crippen LogP contribution in [-0.2, 0) is 22.6 Å². The zero-order chi connectivity index (χ0) is 25.3. The molecule has 2 amide bonds. The molecule has 0 radical (unpaired) electrons. The Morgan fingerprint density at radius 2 is 1.53 bits per heavy atom. The average Bonchev–Trinajstić information content (AvgIpc) is 3.41. The van der Waals surface area contributed by atoms with Crippen LogP contribution in [0.5, 0.6) is 5.75 Å². The van der Waals surface area contributed by atoms with Gasteiger partial charge in [-0.1, -0.05) is 79.6 Å². The molecule has 1 aliphatic carbocycles. The summed E-state index contributed by atoms with van der Waals surface area (Å²) in [5.74, 6) is 0.349. The molecule has 1 unspecified atom stereocenters. The highest BCUT2D eigenvalue weighted by atomic mass is 16.5. The highest BCUT2D eigenvalue weighted by Crippen LogP contribution is 2.21. The van der Waals surface area contributed by atoms with Gasteiger partial charge in [-0.05, 0) is 61.1 Å². The molecule has 188 valence electrons. The first-order chi connectivity index (χ1) is 17.5. The van der Waals surface area contributed by atoms with Gasteiger partial charge in [-0.15, -0.1) is 0 Å². The molecule has 1 N–H and O–H groups in total. The van der Waals surface area contributed by atoms with E-state index >= 15 is 0 Å². The molecule has 0 bridgehead atoms. The standard InChI is InChI=1S/C31H36N2O3/c1-23-17-18-28(19-24(23)2)36-22-30(34)33(21-26-13-7-4-8-14-26)29(20-25-11-5-3-6-12-25)31(35)32-27-15-9-10-16-27/h3-8,11-14,17-19,27,29H,9-10,15-16,20-22H2,1-2H3,(H,32,35). The number of nitrogens with zero attached hydrogens (tertiary/aromatic N) is 1. The van der Waals surface area contributed by atoms with Gasteiger partial charge in [0.2, 0.25) is 5.91 Å². The van der Waals surface area contributed by atoms with Crippen LogP contribution in [0.25, 0.3) is 0 Å². The number of hydrogen-bond acceptors (Lipinski definition) is 3. The van der Waals surface area contributed by atoms with Crippen molar-refractivity contribution in [2.75, 3.05) is 6.61 Å². The summed E-state index contributed by atoms with van der Waals surface area (Å²) in [5, 5.41) is 3.23. The molecule has 4 rings (SSSR count). The zero-order valence-corrected chi connectivity index (χ0v) is 21.3. The van der Waals surface area contributed by atoms with E-state index in [0.717, 1.165) is 42.4 Å². The van der Waals surface area contributed by atoms with Gasteiger partial charge in [0, 0.05) is 19.0 Å². The molecule has 5 nitrogen and oxygen atoms in total. The lowest BCUT2D eigenvalue weighted by Gasteiger charge is -2.32. The Kier molecular flexibility index (Phi) is 8.77. The van der Waals surface area contributed by atoms with Crippen LogP contribution in [-0.4, -0.2) is 35.4 Å². The van der Waals surface area contributed by atoms with E-state index in [0.29, 0.717) is 18.7 Å². The van der Waals surface area contributed by atoms with E-state index in [9.17, 15) is 9.59 Å². The van der Waals surface area contributed by atoms with Crippen molar-refractivity contribution in [1.29, 1.82) is 0 Å². The molecule has 3 aromatic rings. The van der Waals surface area contributed by atoms with E-state index in [2.05, 4.69) is 5.32 Å². The van der Waals surface area contributed by atoms with Crippen molar-refractivity contribution in [3.05, 3.63) is 101 Å². The second kappa shape index (κ2) is 12.4. The number of benzene rings is 3. The third kappa shape index (κ3) is 6.97. The summed E-state index contributed by atoms with van der Waals surface area (Å²) in [6.45, 7) is 4.28. The Balaban J connectivity index is 1.59. The molecule has 1 saturated carbocycles. The summed E-state index contributed by atoms with van der Waals surface area (Å²) in [4.78, 5) is 29.0. The first-order valence-corrected chi connectivity index (χ1v) is 12.9. The molecule has 5 heteroatoms. The fraction of sp³-hybridized carbons (Fsp3) is 0.355. The van der Waals surface area contributed by atoms with Crippen molar-refractivity contribution in [1.82, 2.24) is 10.2 Å². The fourth-order valence-corrected chi connectivity index (χ4v) is 4.73. The Morgan fingerprint density at radius 3 is 2.17 bits per heavy atom. The lowest BCUT2D eigenvalue weighted by molar-refractivity contribution is -0.143. The number of ether oxygens (including phenoxy) is 1. The Morgan fingerprint density at radius 1 is 0.889 bits per heavy atom. The molecule has 1 atom stereocenters. The zero-order valence-electron chi connectivity index (χ0n) is 21.3. The molecular weight excluding hydrogens is 448 g/mol. The molecule has 36 heavy (non-hydrogen) atoms. The monoisotopic (exact) mass is 484 g/mol. The van der Waals surface area contributed by atoms with E-state index < -0.39 is 6.04 Å². The number of carbonyl (C=O) groups excluding carboxylic acids is 2. The van der Waals surface area contributed by atoms with Crippen LogP contribution in [0.4, 0.5) is 0 Å². The van der Waals surface area contributed by atoms with Gasteiger partial charge >= 0.3 is 0 Å². The number of rotatable bonds is 10. The Bertz CT molecular complexity index is 1140. The summed E-state index contributed by atoms with van der Waals surface area (Å²) >= 11 is 0. The van der Waals surface area contributed by atoms with Gasteiger partial charge in [-0.3, -0.25) is 9.59 Å². The molecule has 3 aromatic carbocycles. The van der Waals surface area contributed by atoms with Crippen molar-refractivity contribution < 1.29 is 14.3 Å². The highest BCUT2D eigenvalue weighted by Gasteiger charge is 2.32. The summed E-state index contributed by atoms with van der Waals surface area (Å²) in [7, 11) is 0. The smallest absolute Gasteiger partial charge is 0.261 e. The van der Waals surface area contributed by atoms with E-state index in [1.54, 1.807) is 4.90 Å². The van der Waals surface area contributed by atoms with Crippen LogP contribution >= 0.6 is 0 Å². The molecule has 1 aliphatic rings. The van der Waals surface area contributed by atoms with Crippen LogP contribution in [0.1, 0.15) is 47.9 Å². The van der Waals surface area contributed by atoms with E-state index in [1.807, 2.05) is 92.7 Å². The summed E-state index contributed by atoms with van der Waals surface area (Å²) < 4.78 is 5.91. The van der Waals surface area contributed by atoms with Crippen molar-refractivity contribution in [2.24, 2.45) is 0 Å². The van der Waals surface area contributed by atoms with Gasteiger partial charge in [0.15, 0.2) is 6.61 Å². The molecule has 0 aliphatic heterocycles. The minimum absolute atomic E-state index is 0.0961. The third-order valence-corrected chi connectivity index (χ3v) is 7.01. The van der Waals surface area contributed by atoms with Gasteiger partial charge in [0.1, 0.15) is 11.8 Å². The first kappa shape index (κ1) is 25.5. The van der Waals surface area contributed by atoms with Crippen molar-refractivity contribution >= 4 is 11.8 Å². The minimum atomic E-state index is -0.635. The van der Waals surface area contributed by atoms with Gasteiger partial charge in [0.05, 0.1) is 0 Å². The van der Waals surface area contributed by atoms with E-state index in [1.165, 1.54) is 5.56 Å². The summed E-state index contributed by atoms with van der Waals surface area (Å²) in [5.41, 5.74) is 4.28. The minimum Gasteiger partial charge on any atom is -0.484 e. The normalized spacial score (nSPS) is 14.3. The van der Waals surface area contributed by atoms with Gasteiger partial charge < -0.3 is 15.0 Å². The quantitative estimate of drug-likeness (QED) is 0.420. The summed E-state index contributed by atoms with van der Waals surface area (Å²) in [6.07, 6.45) is 4.69. The topological polar surface area (TPSA) is 58.6 Å². The van der Waals surface area contributed by atoms with Gasteiger partial charge in [0.25, 0.3) is 5.91 Å². The van der Waals surface area contributed by atoms with Crippen molar-refractivity contribution in [2.45, 2.75) is 64.6 Å². The predicted molar refractivity (Wildman–Crippen MR) is 143 cm³/mol. The third-order valence-electron chi connectivity index (χ3n) is 7.01. The largest absolute Gasteiger partial charge is 0.484 e. The van der Waals surface area contributed by atoms with Crippen LogP contribution in [0.15, 0.2) is 78.9 Å². The lowest BCUT2D eigenvalue weighted by atomic mass is 10.0. The molecular formula is C31H36N2O3. The van der Waals surface area contributed by atoms with Gasteiger partial charge in [-0.25, -0.2) is 0 Å². The molecule has 0 saturated heterocycles. The average molecular weight is 485 g/mol. The SMILES string of the molecule is Cc1ccc(OCC(=O)N(Cc2ccccc2)C(Cc2ccccc2)C(=O)NC2CCCC2)cc1C. The van der Waals surface area contributed by atoms with Gasteiger partial charge in [-0.2, -0.15) is 0 Å². The molecule has 0 spiro atoms. The van der Waals surface area contributed by atoms with Crippen molar-refractivity contribution in [3.63, 3.8) is 0 Å². The highest BCUT2D eigenvalue weighted by molar-refractivity contribution is 5.88. The maximum Gasteiger partial charge on any atom is 0.261 e.